The second-order valence-electron chi connectivity index (χ2n) is 9.68. The zero-order chi connectivity index (χ0) is 31.6. The Morgan fingerprint density at radius 3 is 2.07 bits per heavy atom. The topological polar surface area (TPSA) is 130 Å². The fourth-order valence-corrected chi connectivity index (χ4v) is 6.00. The molecule has 0 saturated carbocycles. The number of primary amides is 1. The van der Waals surface area contributed by atoms with Gasteiger partial charge in [0, 0.05) is 21.0 Å². The van der Waals surface area contributed by atoms with Crippen molar-refractivity contribution in [3.8, 4) is 0 Å². The van der Waals surface area contributed by atoms with Crippen LogP contribution >= 0.6 is 23.1 Å². The molecule has 0 saturated heterocycles. The van der Waals surface area contributed by atoms with E-state index in [1.807, 2.05) is 53.9 Å². The summed E-state index contributed by atoms with van der Waals surface area (Å²) in [5.74, 6) is -1.85. The zero-order valence-electron chi connectivity index (χ0n) is 23.8. The number of amides is 4. The smallest absolute Gasteiger partial charge is 0.272 e. The van der Waals surface area contributed by atoms with Gasteiger partial charge in [-0.25, -0.2) is 0 Å². The number of nitrogens with one attached hydrogen (secondary N) is 3. The molecule has 0 spiro atoms. The van der Waals surface area contributed by atoms with Crippen LogP contribution < -0.4 is 21.7 Å². The highest BCUT2D eigenvalue weighted by Crippen LogP contribution is 2.37. The molecule has 0 radical (unpaired) electrons. The number of thioether (sulfide) groups is 1. The van der Waals surface area contributed by atoms with Crippen LogP contribution in [0, 0.1) is 0 Å². The first-order valence-electron chi connectivity index (χ1n) is 13.8. The van der Waals surface area contributed by atoms with Crippen molar-refractivity contribution < 1.29 is 19.2 Å². The third kappa shape index (κ3) is 8.35. The molecule has 1 heterocycles. The molecule has 224 valence electrons. The minimum atomic E-state index is -0.652. The van der Waals surface area contributed by atoms with Crippen molar-refractivity contribution in [1.82, 2.24) is 5.32 Å². The Morgan fingerprint density at radius 1 is 0.733 bits per heavy atom. The number of nitrogens with two attached hydrogens (primary N) is 1. The van der Waals surface area contributed by atoms with Gasteiger partial charge in [-0.3, -0.25) is 19.2 Å². The third-order valence-corrected chi connectivity index (χ3v) is 8.60. The van der Waals surface area contributed by atoms with Crippen LogP contribution in [0.5, 0.6) is 0 Å². The Labute approximate surface area is 268 Å². The van der Waals surface area contributed by atoms with Crippen molar-refractivity contribution in [1.29, 1.82) is 0 Å². The lowest BCUT2D eigenvalue weighted by Gasteiger charge is -2.18. The van der Waals surface area contributed by atoms with Crippen LogP contribution in [0.4, 0.5) is 11.4 Å². The van der Waals surface area contributed by atoms with Gasteiger partial charge in [0.15, 0.2) is 0 Å². The molecule has 1 unspecified atom stereocenters. The van der Waals surface area contributed by atoms with Gasteiger partial charge in [0.25, 0.3) is 17.7 Å². The second kappa shape index (κ2) is 14.8. The van der Waals surface area contributed by atoms with Crippen LogP contribution in [0.15, 0.2) is 137 Å². The Hall–Kier alpha value is -5.45. The highest BCUT2D eigenvalue weighted by molar-refractivity contribution is 8.00. The average Bonchev–Trinajstić information content (AvgIpc) is 3.58. The lowest BCUT2D eigenvalue weighted by molar-refractivity contribution is -0.116. The van der Waals surface area contributed by atoms with Crippen molar-refractivity contribution in [3.05, 3.63) is 154 Å². The molecule has 8 nitrogen and oxygen atoms in total. The maximum atomic E-state index is 13.5. The summed E-state index contributed by atoms with van der Waals surface area (Å²) in [4.78, 5) is 53.1. The Balaban J connectivity index is 1.32. The number of benzene rings is 4. The molecule has 1 aromatic heterocycles. The van der Waals surface area contributed by atoms with Crippen molar-refractivity contribution in [2.24, 2.45) is 5.73 Å². The predicted molar refractivity (Wildman–Crippen MR) is 180 cm³/mol. The summed E-state index contributed by atoms with van der Waals surface area (Å²) in [6.07, 6.45) is 1.63. The minimum absolute atomic E-state index is 0.0989. The minimum Gasteiger partial charge on any atom is -0.366 e. The SMILES string of the molecule is NC(=O)c1ccccc1NC(=O)C(Sc1ccc(NC(=O)/C(=C/c2cccs2)NC(=O)c2ccccc2)cc1)c1ccccc1. The fourth-order valence-electron chi connectivity index (χ4n) is 4.32. The third-order valence-electron chi connectivity index (χ3n) is 6.52. The summed E-state index contributed by atoms with van der Waals surface area (Å²) in [6, 6.07) is 35.3. The maximum absolute atomic E-state index is 13.5. The quantitative estimate of drug-likeness (QED) is 0.0948. The molecular weight excluding hydrogens is 605 g/mol. The van der Waals surface area contributed by atoms with Crippen molar-refractivity contribution in [3.63, 3.8) is 0 Å². The summed E-state index contributed by atoms with van der Waals surface area (Å²) in [7, 11) is 0. The fraction of sp³-hybridized carbons (Fsp3) is 0.0286. The molecule has 0 aliphatic heterocycles. The number of carbonyl (C=O) groups excluding carboxylic acids is 4. The van der Waals surface area contributed by atoms with E-state index in [0.29, 0.717) is 16.9 Å². The molecule has 5 aromatic rings. The molecule has 5 rings (SSSR count). The van der Waals surface area contributed by atoms with E-state index >= 15 is 0 Å². The van der Waals surface area contributed by atoms with Gasteiger partial charge in [-0.05, 0) is 71.6 Å². The van der Waals surface area contributed by atoms with E-state index in [2.05, 4.69) is 16.0 Å². The number of thiophene rings is 1. The van der Waals surface area contributed by atoms with Crippen LogP contribution in [0.3, 0.4) is 0 Å². The molecule has 4 aromatic carbocycles. The first-order chi connectivity index (χ1) is 21.9. The van der Waals surface area contributed by atoms with Crippen LogP contribution in [-0.2, 0) is 9.59 Å². The van der Waals surface area contributed by atoms with E-state index in [-0.39, 0.29) is 17.2 Å². The molecule has 0 bridgehead atoms. The lowest BCUT2D eigenvalue weighted by Crippen LogP contribution is -2.30. The first-order valence-corrected chi connectivity index (χ1v) is 15.6. The molecule has 5 N–H and O–H groups in total. The highest BCUT2D eigenvalue weighted by atomic mass is 32.2. The van der Waals surface area contributed by atoms with Crippen LogP contribution in [0.2, 0.25) is 0 Å². The van der Waals surface area contributed by atoms with Gasteiger partial charge in [0.2, 0.25) is 5.91 Å². The van der Waals surface area contributed by atoms with Gasteiger partial charge in [0.1, 0.15) is 10.9 Å². The predicted octanol–water partition coefficient (Wildman–Crippen LogP) is 6.73. The molecule has 0 fully saturated rings. The highest BCUT2D eigenvalue weighted by Gasteiger charge is 2.24. The summed E-state index contributed by atoms with van der Waals surface area (Å²) in [5, 5.41) is 9.66. The monoisotopic (exact) mass is 632 g/mol. The van der Waals surface area contributed by atoms with Crippen LogP contribution in [0.25, 0.3) is 6.08 Å². The lowest BCUT2D eigenvalue weighted by atomic mass is 10.1. The van der Waals surface area contributed by atoms with Gasteiger partial charge in [0.05, 0.1) is 11.3 Å². The largest absolute Gasteiger partial charge is 0.366 e. The number of hydrogen-bond acceptors (Lipinski definition) is 6. The van der Waals surface area contributed by atoms with E-state index in [1.165, 1.54) is 23.1 Å². The average molecular weight is 633 g/mol. The Morgan fingerprint density at radius 2 is 1.40 bits per heavy atom. The molecule has 4 amide bonds. The van der Waals surface area contributed by atoms with Crippen molar-refractivity contribution in [2.75, 3.05) is 10.6 Å². The summed E-state index contributed by atoms with van der Waals surface area (Å²) < 4.78 is 0. The first kappa shape index (κ1) is 31.0. The van der Waals surface area contributed by atoms with Crippen molar-refractivity contribution in [2.45, 2.75) is 10.1 Å². The van der Waals surface area contributed by atoms with Crippen molar-refractivity contribution >= 4 is 64.2 Å². The van der Waals surface area contributed by atoms with Gasteiger partial charge in [-0.2, -0.15) is 0 Å². The van der Waals surface area contributed by atoms with Gasteiger partial charge >= 0.3 is 0 Å². The molecule has 0 aliphatic carbocycles. The number of hydrogen-bond donors (Lipinski definition) is 4. The van der Waals surface area contributed by atoms with E-state index < -0.39 is 23.0 Å². The number of para-hydroxylation sites is 1. The molecule has 0 aliphatic rings. The van der Waals surface area contributed by atoms with Gasteiger partial charge in [-0.1, -0.05) is 66.7 Å². The van der Waals surface area contributed by atoms with Crippen LogP contribution in [0.1, 0.15) is 36.4 Å². The Kier molecular flexibility index (Phi) is 10.2. The number of carbonyl (C=O) groups is 4. The van der Waals surface area contributed by atoms with E-state index in [0.717, 1.165) is 15.3 Å². The van der Waals surface area contributed by atoms with Gasteiger partial charge < -0.3 is 21.7 Å². The van der Waals surface area contributed by atoms with E-state index in [1.54, 1.807) is 78.9 Å². The maximum Gasteiger partial charge on any atom is 0.272 e. The number of anilines is 2. The summed E-state index contributed by atoms with van der Waals surface area (Å²) in [6.45, 7) is 0. The molecule has 45 heavy (non-hydrogen) atoms. The summed E-state index contributed by atoms with van der Waals surface area (Å²) in [5.41, 5.74) is 7.86. The molecular formula is C35H28N4O4S2. The van der Waals surface area contributed by atoms with Crippen LogP contribution in [-0.4, -0.2) is 23.6 Å². The van der Waals surface area contributed by atoms with Gasteiger partial charge in [-0.15, -0.1) is 23.1 Å². The summed E-state index contributed by atoms with van der Waals surface area (Å²) >= 11 is 2.76. The molecule has 1 atom stereocenters. The standard InChI is InChI=1S/C35H28N4O4S2/c36-32(40)28-15-7-8-16-29(28)38-35(43)31(23-10-3-1-4-11-23)45-26-19-17-25(18-20-26)37-34(42)30(22-27-14-9-21-44-27)39-33(41)24-12-5-2-6-13-24/h1-22,31H,(H2,36,40)(H,37,42)(H,38,43)(H,39,41)/b30-22-. The molecule has 10 heteroatoms. The normalized spacial score (nSPS) is 11.7. The van der Waals surface area contributed by atoms with E-state index in [9.17, 15) is 19.2 Å². The number of rotatable bonds is 11. The Bertz CT molecular complexity index is 1830. The second-order valence-corrected chi connectivity index (χ2v) is 11.8. The van der Waals surface area contributed by atoms with E-state index in [4.69, 9.17) is 5.73 Å². The zero-order valence-corrected chi connectivity index (χ0v) is 25.4.